The van der Waals surface area contributed by atoms with Crippen LogP contribution in [0.25, 0.3) is 0 Å². The predicted octanol–water partition coefficient (Wildman–Crippen LogP) is 3.64. The molecule has 28 heavy (non-hydrogen) atoms. The van der Waals surface area contributed by atoms with Gasteiger partial charge in [0.05, 0.1) is 7.11 Å². The van der Waals surface area contributed by atoms with E-state index in [4.69, 9.17) is 4.74 Å². The van der Waals surface area contributed by atoms with Gasteiger partial charge in [-0.25, -0.2) is 8.78 Å². The van der Waals surface area contributed by atoms with Gasteiger partial charge in [0.2, 0.25) is 0 Å². The molecule has 0 amide bonds. The molecule has 0 unspecified atom stereocenters. The number of nitrogens with one attached hydrogen (secondary N) is 2. The standard InChI is InChI=1S/C20H25F2N3O2.HI/c1-3-23-20(25-11-9-15-12-16(21)5-7-18(15)22)24-10-8-14-4-6-17(27-2)13-19(14)26;/h4-7,12-13,26H,3,8-11H2,1-2H3,(H2,23,24,25);1H. The molecule has 2 rings (SSSR count). The number of aliphatic imine (C=N–C) groups is 1. The Bertz CT molecular complexity index is 788. The van der Waals surface area contributed by atoms with E-state index in [1.54, 1.807) is 25.3 Å². The third-order valence-electron chi connectivity index (χ3n) is 3.98. The van der Waals surface area contributed by atoms with Gasteiger partial charge < -0.3 is 20.5 Å². The lowest BCUT2D eigenvalue weighted by molar-refractivity contribution is 0.406. The number of methoxy groups -OCH3 is 1. The maximum Gasteiger partial charge on any atom is 0.191 e. The van der Waals surface area contributed by atoms with Gasteiger partial charge in [-0.1, -0.05) is 6.07 Å². The maximum absolute atomic E-state index is 13.7. The highest BCUT2D eigenvalue weighted by atomic mass is 127. The Morgan fingerprint density at radius 3 is 2.54 bits per heavy atom. The molecule has 0 aromatic heterocycles. The smallest absolute Gasteiger partial charge is 0.191 e. The highest BCUT2D eigenvalue weighted by molar-refractivity contribution is 14.0. The van der Waals surface area contributed by atoms with E-state index in [1.807, 2.05) is 6.92 Å². The fraction of sp³-hybridized carbons (Fsp3) is 0.350. The van der Waals surface area contributed by atoms with E-state index in [2.05, 4.69) is 15.6 Å². The maximum atomic E-state index is 13.7. The quantitative estimate of drug-likeness (QED) is 0.291. The topological polar surface area (TPSA) is 65.9 Å². The third-order valence-corrected chi connectivity index (χ3v) is 3.98. The second kappa shape index (κ2) is 12.4. The van der Waals surface area contributed by atoms with E-state index >= 15 is 0 Å². The van der Waals surface area contributed by atoms with Crippen LogP contribution in [-0.4, -0.2) is 37.8 Å². The summed E-state index contributed by atoms with van der Waals surface area (Å²) in [5.41, 5.74) is 1.10. The predicted molar refractivity (Wildman–Crippen MR) is 118 cm³/mol. The van der Waals surface area contributed by atoms with Gasteiger partial charge in [0.15, 0.2) is 5.96 Å². The average Bonchev–Trinajstić information content (AvgIpc) is 2.65. The number of halogens is 3. The van der Waals surface area contributed by atoms with Crippen molar-refractivity contribution in [3.05, 3.63) is 59.2 Å². The van der Waals surface area contributed by atoms with Crippen LogP contribution < -0.4 is 15.4 Å². The molecular weight excluding hydrogens is 479 g/mol. The molecule has 0 bridgehead atoms. The van der Waals surface area contributed by atoms with Crippen molar-refractivity contribution in [2.45, 2.75) is 19.8 Å². The van der Waals surface area contributed by atoms with Crippen molar-refractivity contribution in [1.29, 1.82) is 0 Å². The van der Waals surface area contributed by atoms with Gasteiger partial charge in [0, 0.05) is 25.7 Å². The number of phenolic OH excluding ortho intramolecular Hbond substituents is 1. The van der Waals surface area contributed by atoms with Gasteiger partial charge in [-0.15, -0.1) is 24.0 Å². The van der Waals surface area contributed by atoms with Crippen LogP contribution >= 0.6 is 24.0 Å². The van der Waals surface area contributed by atoms with Crippen molar-refractivity contribution >= 4 is 29.9 Å². The minimum Gasteiger partial charge on any atom is -0.508 e. The van der Waals surface area contributed by atoms with E-state index in [0.717, 1.165) is 17.7 Å². The van der Waals surface area contributed by atoms with Crippen LogP contribution in [0.1, 0.15) is 18.1 Å². The molecule has 0 aliphatic carbocycles. The number of ether oxygens (including phenoxy) is 1. The molecule has 0 aliphatic heterocycles. The summed E-state index contributed by atoms with van der Waals surface area (Å²) in [6.45, 7) is 3.50. The lowest BCUT2D eigenvalue weighted by Crippen LogP contribution is -2.38. The fourth-order valence-corrected chi connectivity index (χ4v) is 2.56. The number of rotatable bonds is 8. The van der Waals surface area contributed by atoms with Crippen molar-refractivity contribution in [2.24, 2.45) is 4.99 Å². The van der Waals surface area contributed by atoms with E-state index in [1.165, 1.54) is 6.07 Å². The second-order valence-electron chi connectivity index (χ2n) is 5.92. The molecule has 3 N–H and O–H groups in total. The molecule has 5 nitrogen and oxygen atoms in total. The number of nitrogens with zero attached hydrogens (tertiary/aromatic N) is 1. The Morgan fingerprint density at radius 1 is 1.07 bits per heavy atom. The van der Waals surface area contributed by atoms with Crippen molar-refractivity contribution in [3.63, 3.8) is 0 Å². The summed E-state index contributed by atoms with van der Waals surface area (Å²) in [6, 6.07) is 8.59. The first-order chi connectivity index (χ1) is 13.0. The Morgan fingerprint density at radius 2 is 1.86 bits per heavy atom. The van der Waals surface area contributed by atoms with Gasteiger partial charge in [-0.2, -0.15) is 0 Å². The Labute approximate surface area is 181 Å². The van der Waals surface area contributed by atoms with Crippen LogP contribution in [0.5, 0.6) is 11.5 Å². The number of guanidine groups is 1. The van der Waals surface area contributed by atoms with E-state index in [0.29, 0.717) is 49.7 Å². The Hall–Kier alpha value is -2.10. The molecule has 0 atom stereocenters. The van der Waals surface area contributed by atoms with Crippen LogP contribution in [0.3, 0.4) is 0 Å². The summed E-state index contributed by atoms with van der Waals surface area (Å²) >= 11 is 0. The van der Waals surface area contributed by atoms with Crippen LogP contribution in [0.15, 0.2) is 41.4 Å². The van der Waals surface area contributed by atoms with Crippen molar-refractivity contribution < 1.29 is 18.6 Å². The van der Waals surface area contributed by atoms with E-state index in [9.17, 15) is 13.9 Å². The monoisotopic (exact) mass is 505 g/mol. The summed E-state index contributed by atoms with van der Waals surface area (Å²) in [4.78, 5) is 4.45. The van der Waals surface area contributed by atoms with Gasteiger partial charge in [0.1, 0.15) is 23.1 Å². The second-order valence-corrected chi connectivity index (χ2v) is 5.92. The first kappa shape index (κ1) is 23.9. The molecule has 0 saturated carbocycles. The molecular formula is C20H26F2IN3O2. The van der Waals surface area contributed by atoms with Crippen LogP contribution in [0.4, 0.5) is 8.78 Å². The van der Waals surface area contributed by atoms with Crippen LogP contribution in [0, 0.1) is 11.6 Å². The van der Waals surface area contributed by atoms with E-state index in [-0.39, 0.29) is 29.7 Å². The summed E-state index contributed by atoms with van der Waals surface area (Å²) in [5, 5.41) is 16.2. The Balaban J connectivity index is 0.00000392. The summed E-state index contributed by atoms with van der Waals surface area (Å²) in [7, 11) is 1.54. The highest BCUT2D eigenvalue weighted by Gasteiger charge is 2.06. The zero-order chi connectivity index (χ0) is 19.6. The molecule has 0 saturated heterocycles. The molecule has 8 heteroatoms. The highest BCUT2D eigenvalue weighted by Crippen LogP contribution is 2.23. The first-order valence-corrected chi connectivity index (χ1v) is 8.85. The van der Waals surface area contributed by atoms with Gasteiger partial charge in [-0.05, 0) is 55.2 Å². The number of aromatic hydroxyl groups is 1. The van der Waals surface area contributed by atoms with Crippen molar-refractivity contribution in [2.75, 3.05) is 26.7 Å². The lowest BCUT2D eigenvalue weighted by atomic mass is 10.1. The zero-order valence-corrected chi connectivity index (χ0v) is 18.3. The average molecular weight is 505 g/mol. The van der Waals surface area contributed by atoms with Crippen molar-refractivity contribution in [3.8, 4) is 11.5 Å². The SMILES string of the molecule is CCNC(=NCCc1ccc(OC)cc1O)NCCc1cc(F)ccc1F.I. The van der Waals surface area contributed by atoms with Crippen LogP contribution in [-0.2, 0) is 12.8 Å². The van der Waals surface area contributed by atoms with E-state index < -0.39 is 11.6 Å². The number of hydrogen-bond donors (Lipinski definition) is 3. The van der Waals surface area contributed by atoms with Crippen molar-refractivity contribution in [1.82, 2.24) is 10.6 Å². The fourth-order valence-electron chi connectivity index (χ4n) is 2.56. The molecule has 0 aliphatic rings. The molecule has 0 heterocycles. The summed E-state index contributed by atoms with van der Waals surface area (Å²) in [6.07, 6.45) is 0.901. The zero-order valence-electron chi connectivity index (χ0n) is 16.0. The molecule has 0 fully saturated rings. The molecule has 2 aromatic carbocycles. The lowest BCUT2D eigenvalue weighted by Gasteiger charge is -2.12. The Kier molecular flexibility index (Phi) is 10.6. The van der Waals surface area contributed by atoms with Gasteiger partial charge >= 0.3 is 0 Å². The number of benzene rings is 2. The molecule has 154 valence electrons. The molecule has 0 radical (unpaired) electrons. The normalized spacial score (nSPS) is 10.9. The van der Waals surface area contributed by atoms with Crippen LogP contribution in [0.2, 0.25) is 0 Å². The van der Waals surface area contributed by atoms with Gasteiger partial charge in [0.25, 0.3) is 0 Å². The number of phenols is 1. The summed E-state index contributed by atoms with van der Waals surface area (Å²) < 4.78 is 31.9. The summed E-state index contributed by atoms with van der Waals surface area (Å²) in [5.74, 6) is 0.479. The van der Waals surface area contributed by atoms with Gasteiger partial charge in [-0.3, -0.25) is 4.99 Å². The third kappa shape index (κ3) is 7.49. The first-order valence-electron chi connectivity index (χ1n) is 8.85. The number of hydrogen-bond acceptors (Lipinski definition) is 3. The molecule has 0 spiro atoms. The minimum atomic E-state index is -0.453. The minimum absolute atomic E-state index is 0. The largest absolute Gasteiger partial charge is 0.508 e. The molecule has 2 aromatic rings.